The number of rotatable bonds is 25. The zero-order valence-electron chi connectivity index (χ0n) is 66.7. The van der Waals surface area contributed by atoms with Crippen LogP contribution in [-0.2, 0) is 18.9 Å². The number of carboxylic acids is 3. The van der Waals surface area contributed by atoms with Crippen molar-refractivity contribution in [2.45, 2.75) is 79.6 Å². The summed E-state index contributed by atoms with van der Waals surface area (Å²) in [7, 11) is 6.43. The first kappa shape index (κ1) is 98.0. The minimum atomic E-state index is -1.18. The van der Waals surface area contributed by atoms with E-state index in [0.29, 0.717) is 57.9 Å². The maximum absolute atomic E-state index is 12.4. The number of nitrogens with one attached hydrogen (secondary N) is 3. The molecule has 10 N–H and O–H groups in total. The van der Waals surface area contributed by atoms with E-state index in [0.717, 1.165) is 66.3 Å². The van der Waals surface area contributed by atoms with Crippen LogP contribution in [0.4, 0.5) is 28.4 Å². The highest BCUT2D eigenvalue weighted by molar-refractivity contribution is 14.1. The average Bonchev–Trinajstić information content (AvgIpc) is 0.831. The normalized spacial score (nSPS) is 11.2. The summed E-state index contributed by atoms with van der Waals surface area (Å²) in [6, 6.07) is 59.5. The van der Waals surface area contributed by atoms with Crippen LogP contribution in [0.1, 0.15) is 112 Å². The second-order valence-corrected chi connectivity index (χ2v) is 29.2. The quantitative estimate of drug-likeness (QED) is 0.0114. The molecule has 10 aromatic rings. The van der Waals surface area contributed by atoms with Crippen molar-refractivity contribution in [3.8, 4) is 44.5 Å². The molecule has 0 radical (unpaired) electrons. The molecular weight excluding hydrogens is 1750 g/mol. The van der Waals surface area contributed by atoms with Crippen LogP contribution in [0, 0.1) is 75.3 Å². The number of nitro benzene ring substituents is 4. The van der Waals surface area contributed by atoms with Crippen LogP contribution in [-0.4, -0.2) is 150 Å². The van der Waals surface area contributed by atoms with Crippen LogP contribution in [0.2, 0.25) is 0 Å². The summed E-state index contributed by atoms with van der Waals surface area (Å²) in [5.74, 6) is -4.10. The highest BCUT2D eigenvalue weighted by Gasteiger charge is 2.21. The second kappa shape index (κ2) is 49.6. The molecule has 10 aromatic carbocycles. The number of nitro groups is 4. The number of hydrogen-bond donors (Lipinski definition) is 8. The van der Waals surface area contributed by atoms with Gasteiger partial charge in [-0.3, -0.25) is 54.8 Å². The predicted octanol–water partition coefficient (Wildman–Crippen LogP) is 16.8. The molecule has 30 nitrogen and oxygen atoms in total. The number of carbonyl (C=O) groups excluding carboxylic acids is 3. The van der Waals surface area contributed by atoms with E-state index in [9.17, 15) is 69.2 Å². The summed E-state index contributed by atoms with van der Waals surface area (Å²) in [6.07, 6.45) is 0. The maximum atomic E-state index is 12.4. The fourth-order valence-electron chi connectivity index (χ4n) is 10.5. The number of aryl methyl sites for hydroxylation is 4. The van der Waals surface area contributed by atoms with Gasteiger partial charge in [-0.25, -0.2) is 14.4 Å². The third-order valence-electron chi connectivity index (χ3n) is 16.1. The highest BCUT2D eigenvalue weighted by Crippen LogP contribution is 2.31. The molecule has 0 fully saturated rings. The summed E-state index contributed by atoms with van der Waals surface area (Å²) in [5, 5.41) is 77.2. The van der Waals surface area contributed by atoms with Crippen LogP contribution in [0.15, 0.2) is 212 Å². The van der Waals surface area contributed by atoms with E-state index in [2.05, 4.69) is 80.5 Å². The predicted molar refractivity (Wildman–Crippen MR) is 469 cm³/mol. The number of non-ortho nitro benzene ring substituents is 4. The molecule has 118 heavy (non-hydrogen) atoms. The molecule has 0 spiro atoms. The van der Waals surface area contributed by atoms with Gasteiger partial charge in [-0.15, -0.1) is 0 Å². The van der Waals surface area contributed by atoms with E-state index in [1.54, 1.807) is 59.6 Å². The lowest BCUT2D eigenvalue weighted by atomic mass is 10.0. The molecule has 0 aliphatic carbocycles. The first-order valence-corrected chi connectivity index (χ1v) is 38.0. The Morgan fingerprint density at radius 2 is 0.619 bits per heavy atom. The van der Waals surface area contributed by atoms with Crippen LogP contribution >= 0.6 is 45.2 Å². The standard InChI is InChI=1S/C18H20INO2.C18H20N2O4.C18H22N2O2.C14H11NO4.C7H4INO4.C7H5NO4.C4H11NO/c1-12-4-6-14(7-5-12)15-8-16(10-17(19)9-15)18(21)20-13(2)11-22-3;1-12-4-6-14(7-5-12)15-8-16(10-17(9-15)20(22)23)18(21)19-13(2)11-24-3;1-12-4-6-14(7-5-12)15-8-16(10-17(19)9-15)18(21)20-13(2)11-22-3;1-9-2-4-10(5-3-9)11-6-12(14(16)17)8-13(7-11)15(18)19;8-5-1-4(7(10)11)2-6(3-5)9(12)13;9-7(10)5-2-1-3-6(4-5)8(11)12;1-4(5)3-6-2/h4-10,13H,11H2,1-3H3,(H,20,21);4-10,13H,11H2,1-3H3,(H,19,21);4-10,13H,11,19H2,1-3H3,(H,20,21);2-8H,1H3,(H,16,17);1-3H,(H,10,11);1-4H,(H,9,10);4H,3,5H2,1-2H3. The van der Waals surface area contributed by atoms with Gasteiger partial charge < -0.3 is 61.7 Å². The fourth-order valence-corrected chi connectivity index (χ4v) is 11.8. The zero-order valence-corrected chi connectivity index (χ0v) is 71.0. The third kappa shape index (κ3) is 34.6. The van der Waals surface area contributed by atoms with E-state index in [1.807, 2.05) is 149 Å². The van der Waals surface area contributed by atoms with Crippen LogP contribution in [0.25, 0.3) is 44.5 Å². The van der Waals surface area contributed by atoms with Gasteiger partial charge in [0.1, 0.15) is 0 Å². The number of carbonyl (C=O) groups is 6. The number of ether oxygens (including phenoxy) is 4. The molecule has 0 saturated heterocycles. The largest absolute Gasteiger partial charge is 0.478 e. The van der Waals surface area contributed by atoms with Crippen molar-refractivity contribution in [2.75, 3.05) is 60.6 Å². The van der Waals surface area contributed by atoms with Crippen LogP contribution < -0.4 is 27.4 Å². The molecule has 4 atom stereocenters. The van der Waals surface area contributed by atoms with E-state index in [-0.39, 0.29) is 86.9 Å². The molecule has 0 aromatic heterocycles. The molecule has 622 valence electrons. The van der Waals surface area contributed by atoms with Gasteiger partial charge in [0.2, 0.25) is 0 Å². The smallest absolute Gasteiger partial charge is 0.335 e. The first-order chi connectivity index (χ1) is 55.7. The van der Waals surface area contributed by atoms with Crippen molar-refractivity contribution in [1.29, 1.82) is 0 Å². The van der Waals surface area contributed by atoms with Crippen molar-refractivity contribution in [3.63, 3.8) is 0 Å². The molecule has 0 saturated carbocycles. The van der Waals surface area contributed by atoms with Gasteiger partial charge in [-0.05, 0) is 206 Å². The fraction of sp³-hybridized carbons (Fsp3) is 0.233. The van der Waals surface area contributed by atoms with E-state index in [1.165, 1.54) is 65.7 Å². The summed E-state index contributed by atoms with van der Waals surface area (Å²) in [6.45, 7) is 17.5. The molecule has 0 bridgehead atoms. The first-order valence-electron chi connectivity index (χ1n) is 35.9. The molecule has 0 aliphatic heterocycles. The Morgan fingerprint density at radius 3 is 0.941 bits per heavy atom. The van der Waals surface area contributed by atoms with Gasteiger partial charge in [0, 0.05) is 131 Å². The minimum Gasteiger partial charge on any atom is -0.478 e. The number of methoxy groups -OCH3 is 4. The second-order valence-electron chi connectivity index (χ2n) is 26.7. The molecule has 3 amide bonds. The van der Waals surface area contributed by atoms with Crippen molar-refractivity contribution in [1.82, 2.24) is 16.0 Å². The molecule has 32 heteroatoms. The van der Waals surface area contributed by atoms with Gasteiger partial charge in [0.25, 0.3) is 40.5 Å². The summed E-state index contributed by atoms with van der Waals surface area (Å²) in [4.78, 5) is 109. The highest BCUT2D eigenvalue weighted by atomic mass is 127. The van der Waals surface area contributed by atoms with Gasteiger partial charge in [0.15, 0.2) is 0 Å². The van der Waals surface area contributed by atoms with E-state index >= 15 is 0 Å². The minimum absolute atomic E-state index is 0.0156. The molecular formula is C86H93I2N9O21. The Kier molecular flexibility index (Phi) is 41.2. The summed E-state index contributed by atoms with van der Waals surface area (Å²) in [5.41, 5.74) is 23.7. The van der Waals surface area contributed by atoms with Gasteiger partial charge in [0.05, 0.1) is 62.8 Å². The molecule has 0 heterocycles. The summed E-state index contributed by atoms with van der Waals surface area (Å²) >= 11 is 4.07. The van der Waals surface area contributed by atoms with E-state index < -0.39 is 37.6 Å². The lowest BCUT2D eigenvalue weighted by Crippen LogP contribution is -2.35. The zero-order chi connectivity index (χ0) is 88.0. The summed E-state index contributed by atoms with van der Waals surface area (Å²) < 4.78 is 21.3. The van der Waals surface area contributed by atoms with Gasteiger partial charge >= 0.3 is 17.9 Å². The lowest BCUT2D eigenvalue weighted by Gasteiger charge is -2.14. The Balaban J connectivity index is 0.000000297. The van der Waals surface area contributed by atoms with E-state index in [4.69, 9.17) is 41.0 Å². The molecule has 10 rings (SSSR count). The maximum Gasteiger partial charge on any atom is 0.335 e. The van der Waals surface area contributed by atoms with Gasteiger partial charge in [-0.2, -0.15) is 0 Å². The number of halogens is 2. The van der Waals surface area contributed by atoms with Crippen molar-refractivity contribution in [3.05, 3.63) is 316 Å². The number of nitrogens with zero attached hydrogens (tertiary/aromatic N) is 4. The number of aromatic carboxylic acids is 3. The number of benzene rings is 10. The topological polar surface area (TPSA) is 461 Å². The number of hydrogen-bond acceptors (Lipinski definition) is 20. The Morgan fingerprint density at radius 1 is 0.347 bits per heavy atom. The number of carboxylic acid groups (broad SMARTS) is 3. The molecule has 4 unspecified atom stereocenters. The Labute approximate surface area is 709 Å². The lowest BCUT2D eigenvalue weighted by molar-refractivity contribution is -0.385. The SMILES string of the molecule is COCC(C)N.COCC(C)NC(=O)c1cc(-c2ccc(C)cc2)cc([N+](=O)[O-])c1.COCC(C)NC(=O)c1cc(I)cc(-c2ccc(C)cc2)c1.COCC(C)NC(=O)c1cc(N)cc(-c2ccc(C)cc2)c1.Cc1ccc(-c2cc(C(=O)O)cc([N+](=O)[O-])c2)cc1.O=C(O)c1cc(I)cc([N+](=O)[O-])c1.O=C(O)c1cccc([N+](=O)[O-])c1. The number of nitrogens with two attached hydrogens (primary N) is 2. The number of nitrogen functional groups attached to an aromatic ring is 1. The van der Waals surface area contributed by atoms with Crippen molar-refractivity contribution in [2.24, 2.45) is 5.73 Å². The molecule has 0 aliphatic rings. The van der Waals surface area contributed by atoms with Crippen molar-refractivity contribution >= 4 is 109 Å². The third-order valence-corrected chi connectivity index (χ3v) is 17.4. The number of anilines is 1. The van der Waals surface area contributed by atoms with Crippen LogP contribution in [0.5, 0.6) is 0 Å². The van der Waals surface area contributed by atoms with Crippen molar-refractivity contribution < 1.29 is 82.7 Å². The van der Waals surface area contributed by atoms with Crippen LogP contribution in [0.3, 0.4) is 0 Å². The average molecular weight is 1840 g/mol. The van der Waals surface area contributed by atoms with Gasteiger partial charge in [-0.1, -0.05) is 125 Å². The monoisotopic (exact) mass is 1840 g/mol. The Bertz CT molecular complexity index is 4880. The number of amides is 3. The Hall–Kier alpha value is -12.3.